The van der Waals surface area contributed by atoms with Crippen molar-refractivity contribution in [1.29, 1.82) is 0 Å². The summed E-state index contributed by atoms with van der Waals surface area (Å²) >= 11 is 0. The Morgan fingerprint density at radius 2 is 2.07 bits per heavy atom. The van der Waals surface area contributed by atoms with E-state index in [1.54, 1.807) is 0 Å². The molecule has 0 saturated heterocycles. The fourth-order valence-electron chi connectivity index (χ4n) is 0.953. The predicted molar refractivity (Wildman–Crippen MR) is 47.9 cm³/mol. The minimum Gasteiger partial charge on any atom is -0.445 e. The summed E-state index contributed by atoms with van der Waals surface area (Å²) in [5.41, 5.74) is -1.36. The van der Waals surface area contributed by atoms with E-state index in [1.165, 1.54) is 24.0 Å². The third-order valence-electron chi connectivity index (χ3n) is 1.85. The second kappa shape index (κ2) is 3.40. The lowest BCUT2D eigenvalue weighted by atomic mass is 9.80. The lowest BCUT2D eigenvalue weighted by Crippen LogP contribution is -2.28. The summed E-state index contributed by atoms with van der Waals surface area (Å²) in [6.45, 7) is -2.66. The van der Waals surface area contributed by atoms with Gasteiger partial charge >= 0.3 is 12.7 Å². The molecule has 0 saturated carbocycles. The lowest BCUT2D eigenvalue weighted by molar-refractivity contribution is 0.481. The lowest BCUT2D eigenvalue weighted by Gasteiger charge is -2.17. The van der Waals surface area contributed by atoms with Gasteiger partial charge in [-0.15, -0.1) is 12.1 Å². The van der Waals surface area contributed by atoms with Gasteiger partial charge in [0.25, 0.3) is 0 Å². The summed E-state index contributed by atoms with van der Waals surface area (Å²) in [6.07, 6.45) is 2.70. The molecule has 0 aliphatic rings. The van der Waals surface area contributed by atoms with Gasteiger partial charge in [-0.25, -0.2) is 4.79 Å². The molecule has 78 valence electrons. The van der Waals surface area contributed by atoms with Gasteiger partial charge in [0.1, 0.15) is 0 Å². The quantitative estimate of drug-likeness (QED) is 0.679. The van der Waals surface area contributed by atoms with Crippen molar-refractivity contribution in [2.24, 2.45) is 7.05 Å². The number of hydrogen-bond donors (Lipinski definition) is 0. The van der Waals surface area contributed by atoms with Crippen molar-refractivity contribution in [2.45, 2.75) is 6.54 Å². The maximum atomic E-state index is 12.1. The monoisotopic (exact) mass is 205 g/mol. The number of halogens is 3. The smallest absolute Gasteiger partial charge is 0.445 e. The van der Waals surface area contributed by atoms with Crippen molar-refractivity contribution in [1.82, 2.24) is 9.13 Å². The third-order valence-corrected chi connectivity index (χ3v) is 1.85. The second-order valence-electron chi connectivity index (χ2n) is 3.05. The van der Waals surface area contributed by atoms with Crippen LogP contribution >= 0.6 is 0 Å². The van der Waals surface area contributed by atoms with Crippen LogP contribution in [0.5, 0.6) is 0 Å². The summed E-state index contributed by atoms with van der Waals surface area (Å²) in [5.74, 6) is 0. The minimum atomic E-state index is -5.07. The second-order valence-corrected chi connectivity index (χ2v) is 3.05. The van der Waals surface area contributed by atoms with E-state index in [-0.39, 0.29) is 0 Å². The first-order valence-corrected chi connectivity index (χ1v) is 3.91. The van der Waals surface area contributed by atoms with Crippen molar-refractivity contribution in [3.05, 3.63) is 34.9 Å². The molecule has 0 aliphatic heterocycles. The van der Waals surface area contributed by atoms with Crippen LogP contribution in [0.25, 0.3) is 0 Å². The molecule has 1 heterocycles. The van der Waals surface area contributed by atoms with Crippen LogP contribution in [0.15, 0.2) is 29.2 Å². The van der Waals surface area contributed by atoms with Gasteiger partial charge in [-0.2, -0.15) is 0 Å². The topological polar surface area (TPSA) is 26.9 Å². The van der Waals surface area contributed by atoms with E-state index in [1.807, 2.05) is 0 Å². The molecule has 1 aromatic rings. The van der Waals surface area contributed by atoms with Crippen molar-refractivity contribution in [3.63, 3.8) is 0 Å². The molecule has 0 atom stereocenters. The molecule has 0 bridgehead atoms. The van der Waals surface area contributed by atoms with Crippen LogP contribution in [0, 0.1) is 0 Å². The first-order chi connectivity index (χ1) is 6.32. The molecule has 0 amide bonds. The number of rotatable bonds is 3. The standard InChI is InChI=1S/C7H9BF3N2O/c1-6(8(9,10)11)5-13-4-3-12(2)7(13)14/h3-4H,1,5H2,2H3/q-1. The molecule has 0 radical (unpaired) electrons. The van der Waals surface area contributed by atoms with Crippen molar-refractivity contribution < 1.29 is 12.9 Å². The van der Waals surface area contributed by atoms with Crippen LogP contribution in [0.4, 0.5) is 12.9 Å². The average molecular weight is 205 g/mol. The van der Waals surface area contributed by atoms with E-state index in [0.717, 1.165) is 4.57 Å². The van der Waals surface area contributed by atoms with Crippen molar-refractivity contribution >= 4 is 6.98 Å². The zero-order chi connectivity index (χ0) is 10.9. The van der Waals surface area contributed by atoms with Gasteiger partial charge < -0.3 is 17.5 Å². The molecular weight excluding hydrogens is 196 g/mol. The number of aromatic nitrogens is 2. The van der Waals surface area contributed by atoms with Crippen LogP contribution in [0.3, 0.4) is 0 Å². The van der Waals surface area contributed by atoms with Gasteiger partial charge in [-0.3, -0.25) is 4.57 Å². The molecule has 0 aliphatic carbocycles. The Bertz CT molecular complexity index is 404. The molecular formula is C7H9BF3N2O-. The molecule has 0 aromatic carbocycles. The normalized spacial score (nSPS) is 11.7. The molecule has 0 spiro atoms. The molecule has 14 heavy (non-hydrogen) atoms. The number of nitrogens with zero attached hydrogens (tertiary/aromatic N) is 2. The fraction of sp³-hybridized carbons (Fsp3) is 0.286. The molecule has 0 fully saturated rings. The molecule has 0 unspecified atom stereocenters. The summed E-state index contributed by atoms with van der Waals surface area (Å²) < 4.78 is 38.5. The highest BCUT2D eigenvalue weighted by molar-refractivity contribution is 6.66. The molecule has 1 aromatic heterocycles. The van der Waals surface area contributed by atoms with E-state index < -0.39 is 24.7 Å². The molecule has 1 rings (SSSR count). The van der Waals surface area contributed by atoms with Gasteiger partial charge in [0.15, 0.2) is 0 Å². The van der Waals surface area contributed by atoms with E-state index in [0.29, 0.717) is 0 Å². The Labute approximate surface area is 78.5 Å². The highest BCUT2D eigenvalue weighted by atomic mass is 19.4. The Balaban J connectivity index is 2.86. The van der Waals surface area contributed by atoms with Crippen LogP contribution in [-0.2, 0) is 13.6 Å². The van der Waals surface area contributed by atoms with Crippen LogP contribution in [-0.4, -0.2) is 16.1 Å². The largest absolute Gasteiger partial charge is 0.506 e. The summed E-state index contributed by atoms with van der Waals surface area (Å²) in [5, 5.41) is 0. The number of aryl methyl sites for hydroxylation is 1. The Hall–Kier alpha value is -1.40. The Morgan fingerprint density at radius 3 is 2.43 bits per heavy atom. The van der Waals surface area contributed by atoms with Gasteiger partial charge in [0, 0.05) is 26.0 Å². The Kier molecular flexibility index (Phi) is 2.59. The van der Waals surface area contributed by atoms with Gasteiger partial charge in [0.05, 0.1) is 0 Å². The zero-order valence-electron chi connectivity index (χ0n) is 7.58. The minimum absolute atomic E-state index is 0.480. The van der Waals surface area contributed by atoms with E-state index in [2.05, 4.69) is 6.58 Å². The zero-order valence-corrected chi connectivity index (χ0v) is 7.58. The fourth-order valence-corrected chi connectivity index (χ4v) is 0.953. The molecule has 0 N–H and O–H groups in total. The average Bonchev–Trinajstić information content (AvgIpc) is 2.34. The maximum absolute atomic E-state index is 12.1. The SMILES string of the molecule is C=C(Cn1ccn(C)c1=O)[B-](F)(F)F. The maximum Gasteiger partial charge on any atom is 0.506 e. The van der Waals surface area contributed by atoms with E-state index in [4.69, 9.17) is 0 Å². The van der Waals surface area contributed by atoms with Crippen molar-refractivity contribution in [2.75, 3.05) is 0 Å². The highest BCUT2D eigenvalue weighted by Gasteiger charge is 2.26. The third kappa shape index (κ3) is 2.10. The number of allylic oxidation sites excluding steroid dienone is 1. The number of imidazole rings is 1. The van der Waals surface area contributed by atoms with E-state index in [9.17, 15) is 17.7 Å². The molecule has 7 heteroatoms. The first kappa shape index (κ1) is 10.7. The van der Waals surface area contributed by atoms with Gasteiger partial charge in [-0.1, -0.05) is 0 Å². The summed E-state index contributed by atoms with van der Waals surface area (Å²) in [4.78, 5) is 11.2. The highest BCUT2D eigenvalue weighted by Crippen LogP contribution is 2.18. The molecule has 3 nitrogen and oxygen atoms in total. The van der Waals surface area contributed by atoms with E-state index >= 15 is 0 Å². The summed E-state index contributed by atoms with van der Waals surface area (Å²) in [6, 6.07) is 0. The number of hydrogen-bond acceptors (Lipinski definition) is 1. The van der Waals surface area contributed by atoms with Crippen molar-refractivity contribution in [3.8, 4) is 0 Å². The predicted octanol–water partition coefficient (Wildman–Crippen LogP) is 1.13. The summed E-state index contributed by atoms with van der Waals surface area (Å²) in [7, 11) is 1.47. The Morgan fingerprint density at radius 1 is 1.50 bits per heavy atom. The van der Waals surface area contributed by atoms with Gasteiger partial charge in [-0.05, 0) is 0 Å². The van der Waals surface area contributed by atoms with Gasteiger partial charge in [0.2, 0.25) is 0 Å². The first-order valence-electron chi connectivity index (χ1n) is 3.91. The van der Waals surface area contributed by atoms with Crippen LogP contribution in [0.2, 0.25) is 0 Å². The van der Waals surface area contributed by atoms with Crippen LogP contribution in [0.1, 0.15) is 0 Å². The van der Waals surface area contributed by atoms with Crippen LogP contribution < -0.4 is 5.69 Å².